The number of benzene rings is 1. The van der Waals surface area contributed by atoms with Gasteiger partial charge in [0, 0.05) is 44.8 Å². The van der Waals surface area contributed by atoms with Crippen molar-refractivity contribution < 1.29 is 19.1 Å². The zero-order valence-electron chi connectivity index (χ0n) is 15.8. The Morgan fingerprint density at radius 2 is 2.00 bits per heavy atom. The van der Waals surface area contributed by atoms with Gasteiger partial charge in [-0.2, -0.15) is 0 Å². The second kappa shape index (κ2) is 9.57. The molecule has 2 aliphatic rings. The van der Waals surface area contributed by atoms with Gasteiger partial charge in [-0.3, -0.25) is 9.69 Å². The molecule has 27 heavy (non-hydrogen) atoms. The van der Waals surface area contributed by atoms with Gasteiger partial charge >= 0.3 is 6.03 Å². The molecule has 1 unspecified atom stereocenters. The first-order valence-corrected chi connectivity index (χ1v) is 9.53. The third kappa shape index (κ3) is 5.58. The molecule has 0 saturated carbocycles. The van der Waals surface area contributed by atoms with E-state index in [0.29, 0.717) is 26.1 Å². The quantitative estimate of drug-likeness (QED) is 0.736. The van der Waals surface area contributed by atoms with Crippen molar-refractivity contribution in [3.05, 3.63) is 24.3 Å². The van der Waals surface area contributed by atoms with Crippen LogP contribution in [0.5, 0.6) is 5.75 Å². The minimum Gasteiger partial charge on any atom is -0.494 e. The molecule has 2 saturated heterocycles. The lowest BCUT2D eigenvalue weighted by Gasteiger charge is -2.26. The van der Waals surface area contributed by atoms with Crippen molar-refractivity contribution in [2.75, 3.05) is 57.4 Å². The predicted octanol–water partition coefficient (Wildman–Crippen LogP) is 0.822. The topological polar surface area (TPSA) is 83.1 Å². The summed E-state index contributed by atoms with van der Waals surface area (Å²) in [4.78, 5) is 28.4. The SMILES string of the molecule is CCOc1ccc(N2CC(NC(=O)NCCN3CCOCC3)CC2=O)cc1. The first kappa shape index (κ1) is 19.4. The lowest BCUT2D eigenvalue weighted by atomic mass is 10.2. The summed E-state index contributed by atoms with van der Waals surface area (Å²) in [5.41, 5.74) is 0.820. The fourth-order valence-corrected chi connectivity index (χ4v) is 3.33. The van der Waals surface area contributed by atoms with Crippen LogP contribution in [0.3, 0.4) is 0 Å². The van der Waals surface area contributed by atoms with Crippen molar-refractivity contribution in [2.45, 2.75) is 19.4 Å². The van der Waals surface area contributed by atoms with E-state index in [2.05, 4.69) is 15.5 Å². The van der Waals surface area contributed by atoms with Crippen molar-refractivity contribution in [2.24, 2.45) is 0 Å². The lowest BCUT2D eigenvalue weighted by molar-refractivity contribution is -0.117. The molecule has 2 fully saturated rings. The summed E-state index contributed by atoms with van der Waals surface area (Å²) in [6.07, 6.45) is 0.310. The molecule has 148 valence electrons. The highest BCUT2D eigenvalue weighted by Crippen LogP contribution is 2.24. The van der Waals surface area contributed by atoms with Gasteiger partial charge in [0.15, 0.2) is 0 Å². The first-order chi connectivity index (χ1) is 13.2. The number of hydrogen-bond donors (Lipinski definition) is 2. The molecule has 0 spiro atoms. The van der Waals surface area contributed by atoms with E-state index >= 15 is 0 Å². The Hall–Kier alpha value is -2.32. The molecule has 0 aromatic heterocycles. The molecule has 3 amide bonds. The molecule has 1 aromatic rings. The highest BCUT2D eigenvalue weighted by molar-refractivity contribution is 5.96. The van der Waals surface area contributed by atoms with E-state index in [4.69, 9.17) is 9.47 Å². The van der Waals surface area contributed by atoms with Crippen LogP contribution in [0.1, 0.15) is 13.3 Å². The lowest BCUT2D eigenvalue weighted by Crippen LogP contribution is -2.46. The fraction of sp³-hybridized carbons (Fsp3) is 0.579. The van der Waals surface area contributed by atoms with E-state index in [1.807, 2.05) is 31.2 Å². The monoisotopic (exact) mass is 376 g/mol. The molecule has 0 radical (unpaired) electrons. The standard InChI is InChI=1S/C19H28N4O4/c1-2-27-17-5-3-16(4-6-17)23-14-15(13-18(23)24)21-19(25)20-7-8-22-9-11-26-12-10-22/h3-6,15H,2,7-14H2,1H3,(H2,20,21,25). The molecule has 0 aliphatic carbocycles. The molecule has 2 heterocycles. The number of amides is 3. The molecular formula is C19H28N4O4. The zero-order chi connectivity index (χ0) is 19.1. The molecule has 1 aromatic carbocycles. The summed E-state index contributed by atoms with van der Waals surface area (Å²) in [6.45, 7) is 7.69. The Bertz CT molecular complexity index is 631. The maximum Gasteiger partial charge on any atom is 0.315 e. The summed E-state index contributed by atoms with van der Waals surface area (Å²) in [7, 11) is 0. The van der Waals surface area contributed by atoms with Gasteiger partial charge in [-0.25, -0.2) is 4.79 Å². The molecule has 1 atom stereocenters. The van der Waals surface area contributed by atoms with Crippen LogP contribution in [0.15, 0.2) is 24.3 Å². The van der Waals surface area contributed by atoms with E-state index in [-0.39, 0.29) is 18.0 Å². The molecule has 3 rings (SSSR count). The third-order valence-electron chi connectivity index (χ3n) is 4.74. The summed E-state index contributed by atoms with van der Waals surface area (Å²) < 4.78 is 10.7. The fourth-order valence-electron chi connectivity index (χ4n) is 3.33. The van der Waals surface area contributed by atoms with E-state index in [0.717, 1.165) is 44.3 Å². The van der Waals surface area contributed by atoms with Crippen LogP contribution in [0, 0.1) is 0 Å². The van der Waals surface area contributed by atoms with Gasteiger partial charge in [-0.1, -0.05) is 0 Å². The highest BCUT2D eigenvalue weighted by atomic mass is 16.5. The van der Waals surface area contributed by atoms with Crippen molar-refractivity contribution >= 4 is 17.6 Å². The van der Waals surface area contributed by atoms with Crippen LogP contribution in [-0.2, 0) is 9.53 Å². The van der Waals surface area contributed by atoms with Crippen molar-refractivity contribution in [1.29, 1.82) is 0 Å². The van der Waals surface area contributed by atoms with Crippen LogP contribution in [0.25, 0.3) is 0 Å². The van der Waals surface area contributed by atoms with Crippen LogP contribution in [-0.4, -0.2) is 75.4 Å². The summed E-state index contributed by atoms with van der Waals surface area (Å²) in [6, 6.07) is 7.03. The Morgan fingerprint density at radius 3 is 2.70 bits per heavy atom. The molecule has 2 aliphatic heterocycles. The molecule has 8 heteroatoms. The molecular weight excluding hydrogens is 348 g/mol. The Kier molecular flexibility index (Phi) is 6.89. The highest BCUT2D eigenvalue weighted by Gasteiger charge is 2.31. The average Bonchev–Trinajstić information content (AvgIpc) is 3.03. The maximum absolute atomic E-state index is 12.3. The number of carbonyl (C=O) groups is 2. The van der Waals surface area contributed by atoms with Gasteiger partial charge in [0.2, 0.25) is 5.91 Å². The van der Waals surface area contributed by atoms with Crippen LogP contribution >= 0.6 is 0 Å². The number of nitrogens with zero attached hydrogens (tertiary/aromatic N) is 2. The zero-order valence-corrected chi connectivity index (χ0v) is 15.8. The number of morpholine rings is 1. The van der Waals surface area contributed by atoms with E-state index < -0.39 is 0 Å². The van der Waals surface area contributed by atoms with Crippen molar-refractivity contribution in [3.63, 3.8) is 0 Å². The van der Waals surface area contributed by atoms with Crippen LogP contribution < -0.4 is 20.3 Å². The van der Waals surface area contributed by atoms with Gasteiger partial charge in [0.25, 0.3) is 0 Å². The summed E-state index contributed by atoms with van der Waals surface area (Å²) >= 11 is 0. The van der Waals surface area contributed by atoms with E-state index in [9.17, 15) is 9.59 Å². The van der Waals surface area contributed by atoms with E-state index in [1.165, 1.54) is 0 Å². The first-order valence-electron chi connectivity index (χ1n) is 9.53. The van der Waals surface area contributed by atoms with Gasteiger partial charge < -0.3 is 25.0 Å². The minimum atomic E-state index is -0.227. The largest absolute Gasteiger partial charge is 0.494 e. The minimum absolute atomic E-state index is 0.0118. The normalized spacial score (nSPS) is 20.6. The summed E-state index contributed by atoms with van der Waals surface area (Å²) in [5, 5.41) is 5.77. The van der Waals surface area contributed by atoms with Crippen LogP contribution in [0.2, 0.25) is 0 Å². The second-order valence-corrected chi connectivity index (χ2v) is 6.69. The average molecular weight is 376 g/mol. The van der Waals surface area contributed by atoms with Gasteiger partial charge in [0.05, 0.1) is 25.9 Å². The third-order valence-corrected chi connectivity index (χ3v) is 4.74. The Labute approximate surface area is 159 Å². The summed E-state index contributed by atoms with van der Waals surface area (Å²) in [5.74, 6) is 0.792. The van der Waals surface area contributed by atoms with E-state index in [1.54, 1.807) is 4.90 Å². The number of rotatable bonds is 7. The Balaban J connectivity index is 1.42. The number of urea groups is 1. The van der Waals surface area contributed by atoms with Crippen LogP contribution in [0.4, 0.5) is 10.5 Å². The predicted molar refractivity (Wildman–Crippen MR) is 102 cm³/mol. The molecule has 8 nitrogen and oxygen atoms in total. The number of anilines is 1. The number of hydrogen-bond acceptors (Lipinski definition) is 5. The molecule has 0 bridgehead atoms. The maximum atomic E-state index is 12.3. The number of ether oxygens (including phenoxy) is 2. The van der Waals surface area contributed by atoms with Gasteiger partial charge in [0.1, 0.15) is 5.75 Å². The smallest absolute Gasteiger partial charge is 0.315 e. The number of nitrogens with one attached hydrogen (secondary N) is 2. The van der Waals surface area contributed by atoms with Crippen molar-refractivity contribution in [3.8, 4) is 5.75 Å². The van der Waals surface area contributed by atoms with Gasteiger partial charge in [-0.15, -0.1) is 0 Å². The van der Waals surface area contributed by atoms with Crippen molar-refractivity contribution in [1.82, 2.24) is 15.5 Å². The second-order valence-electron chi connectivity index (χ2n) is 6.69. The Morgan fingerprint density at radius 1 is 1.26 bits per heavy atom. The van der Waals surface area contributed by atoms with Gasteiger partial charge in [-0.05, 0) is 31.2 Å². The molecule has 2 N–H and O–H groups in total. The number of carbonyl (C=O) groups excluding carboxylic acids is 2.